The molecule has 0 amide bonds. The zero-order valence-corrected chi connectivity index (χ0v) is 11.2. The average molecular weight is 349 g/mol. The van der Waals surface area contributed by atoms with Crippen LogP contribution in [0.15, 0.2) is 15.8 Å². The Hall–Kier alpha value is -1.43. The number of aliphatic hydroxyl groups is 2. The molecule has 1 aromatic heterocycles. The van der Waals surface area contributed by atoms with Crippen LogP contribution in [0.1, 0.15) is 6.23 Å². The zero-order chi connectivity index (χ0) is 16.9. The van der Waals surface area contributed by atoms with E-state index in [4.69, 9.17) is 16.7 Å². The summed E-state index contributed by atoms with van der Waals surface area (Å²) >= 11 is 5.40. The minimum atomic E-state index is -4.36. The number of hydrogen-bond acceptors (Lipinski definition) is 5. The van der Waals surface area contributed by atoms with E-state index in [-0.39, 0.29) is 4.57 Å². The molecule has 0 bridgehead atoms. The van der Waals surface area contributed by atoms with Crippen LogP contribution in [-0.2, 0) is 4.74 Å². The molecule has 1 fully saturated rings. The van der Waals surface area contributed by atoms with E-state index in [2.05, 4.69) is 4.74 Å². The quantitative estimate of drug-likeness (QED) is 0.651. The Bertz CT molecular complexity index is 693. The van der Waals surface area contributed by atoms with Crippen molar-refractivity contribution < 1.29 is 32.5 Å². The molecule has 0 spiro atoms. The van der Waals surface area contributed by atoms with Gasteiger partial charge in [-0.15, -0.1) is 0 Å². The predicted octanol–water partition coefficient (Wildman–Crippen LogP) is -0.289. The number of nitrogens with one attached hydrogen (secondary N) is 1. The van der Waals surface area contributed by atoms with Crippen molar-refractivity contribution in [2.24, 2.45) is 0 Å². The highest BCUT2D eigenvalue weighted by molar-refractivity contribution is 6.30. The minimum Gasteiger partial charge on any atom is -0.393 e. The van der Waals surface area contributed by atoms with Crippen LogP contribution in [0, 0.1) is 0 Å². The maximum Gasteiger partial charge on any atom is 0.330 e. The zero-order valence-electron chi connectivity index (χ0n) is 10.5. The highest BCUT2D eigenvalue weighted by atomic mass is 35.5. The molecule has 7 nitrogen and oxygen atoms in total. The number of ether oxygens (including phenoxy) is 1. The van der Waals surface area contributed by atoms with Gasteiger partial charge in [0.15, 0.2) is 11.7 Å². The van der Waals surface area contributed by atoms with E-state index in [1.54, 1.807) is 4.98 Å². The summed E-state index contributed by atoms with van der Waals surface area (Å²) in [5, 5.41) is 17.7. The molecule has 0 unspecified atom stereocenters. The van der Waals surface area contributed by atoms with Crippen LogP contribution in [0.4, 0.5) is 17.6 Å². The standard InChI is InChI=1S/C10H9ClF4N2O5/c11-3-1-17(8(21)16-4(3)19)7-10(14,15)5(20)9(2-18,22-7)6(12)13/h1,5-7,18,20H,2H2,(H,16,19,21)/t5-,7-,9-/m1/s1. The normalized spacial score (nSPS) is 30.9. The Morgan fingerprint density at radius 1 is 1.45 bits per heavy atom. The van der Waals surface area contributed by atoms with Crippen LogP contribution in [0.5, 0.6) is 0 Å². The molecular weight excluding hydrogens is 340 g/mol. The Kier molecular flexibility index (Phi) is 4.11. The molecule has 124 valence electrons. The number of alkyl halides is 4. The number of aromatic nitrogens is 2. The van der Waals surface area contributed by atoms with Crippen LogP contribution in [0.2, 0.25) is 5.02 Å². The smallest absolute Gasteiger partial charge is 0.330 e. The molecule has 1 aliphatic rings. The summed E-state index contributed by atoms with van der Waals surface area (Å²) in [7, 11) is 0. The Labute approximate surface area is 123 Å². The van der Waals surface area contributed by atoms with Gasteiger partial charge >= 0.3 is 11.6 Å². The summed E-state index contributed by atoms with van der Waals surface area (Å²) in [6.07, 6.45) is -8.98. The fraction of sp³-hybridized carbons (Fsp3) is 0.600. The summed E-state index contributed by atoms with van der Waals surface area (Å²) in [5.41, 5.74) is -5.77. The molecule has 3 N–H and O–H groups in total. The van der Waals surface area contributed by atoms with Crippen molar-refractivity contribution in [2.75, 3.05) is 6.61 Å². The summed E-state index contributed by atoms with van der Waals surface area (Å²) in [5.74, 6) is -4.36. The molecule has 0 aromatic carbocycles. The lowest BCUT2D eigenvalue weighted by Gasteiger charge is -2.28. The number of halogens is 5. The highest BCUT2D eigenvalue weighted by Crippen LogP contribution is 2.49. The Morgan fingerprint density at radius 3 is 2.50 bits per heavy atom. The van der Waals surface area contributed by atoms with Gasteiger partial charge in [0.1, 0.15) is 5.02 Å². The maximum atomic E-state index is 14.0. The number of nitrogens with zero attached hydrogens (tertiary/aromatic N) is 1. The lowest BCUT2D eigenvalue weighted by Crippen LogP contribution is -2.53. The first-order chi connectivity index (χ1) is 10.1. The Balaban J connectivity index is 2.60. The second-order valence-electron chi connectivity index (χ2n) is 4.60. The van der Waals surface area contributed by atoms with Crippen LogP contribution in [0.25, 0.3) is 0 Å². The number of H-pyrrole nitrogens is 1. The lowest BCUT2D eigenvalue weighted by atomic mass is 9.96. The van der Waals surface area contributed by atoms with E-state index in [1.165, 1.54) is 0 Å². The number of hydrogen-bond donors (Lipinski definition) is 3. The van der Waals surface area contributed by atoms with Crippen molar-refractivity contribution in [1.82, 2.24) is 9.55 Å². The van der Waals surface area contributed by atoms with Crippen molar-refractivity contribution >= 4 is 11.6 Å². The van der Waals surface area contributed by atoms with E-state index in [0.717, 1.165) is 0 Å². The topological polar surface area (TPSA) is 105 Å². The van der Waals surface area contributed by atoms with Crippen molar-refractivity contribution in [3.8, 4) is 0 Å². The van der Waals surface area contributed by atoms with E-state index in [0.29, 0.717) is 6.20 Å². The number of aromatic amines is 1. The van der Waals surface area contributed by atoms with Gasteiger partial charge in [-0.3, -0.25) is 14.3 Å². The van der Waals surface area contributed by atoms with Crippen molar-refractivity contribution in [1.29, 1.82) is 0 Å². The first-order valence-electron chi connectivity index (χ1n) is 5.71. The second-order valence-corrected chi connectivity index (χ2v) is 5.01. The van der Waals surface area contributed by atoms with Crippen LogP contribution in [-0.4, -0.2) is 50.4 Å². The van der Waals surface area contributed by atoms with Gasteiger partial charge in [-0.1, -0.05) is 11.6 Å². The van der Waals surface area contributed by atoms with Gasteiger partial charge in [0.05, 0.1) is 6.61 Å². The van der Waals surface area contributed by atoms with E-state index >= 15 is 0 Å². The molecule has 2 rings (SSSR count). The molecule has 1 aliphatic heterocycles. The monoisotopic (exact) mass is 348 g/mol. The van der Waals surface area contributed by atoms with Gasteiger partial charge in [-0.05, 0) is 0 Å². The summed E-state index contributed by atoms with van der Waals surface area (Å²) in [6.45, 7) is -1.62. The molecule has 1 saturated heterocycles. The van der Waals surface area contributed by atoms with Crippen LogP contribution < -0.4 is 11.2 Å². The van der Waals surface area contributed by atoms with Crippen molar-refractivity contribution in [3.05, 3.63) is 32.1 Å². The third kappa shape index (κ3) is 2.24. The predicted molar refractivity (Wildman–Crippen MR) is 63.2 cm³/mol. The molecule has 0 radical (unpaired) electrons. The molecule has 0 saturated carbocycles. The fourth-order valence-corrected chi connectivity index (χ4v) is 2.20. The largest absolute Gasteiger partial charge is 0.393 e. The molecule has 1 aromatic rings. The molecule has 3 atom stereocenters. The third-order valence-corrected chi connectivity index (χ3v) is 3.55. The molecule has 12 heteroatoms. The maximum absolute atomic E-state index is 14.0. The third-order valence-electron chi connectivity index (χ3n) is 3.28. The highest BCUT2D eigenvalue weighted by Gasteiger charge is 2.70. The van der Waals surface area contributed by atoms with Crippen LogP contribution in [0.3, 0.4) is 0 Å². The van der Waals surface area contributed by atoms with Gasteiger partial charge in [-0.25, -0.2) is 13.6 Å². The molecular formula is C10H9ClF4N2O5. The van der Waals surface area contributed by atoms with E-state index < -0.39 is 53.2 Å². The first kappa shape index (κ1) is 16.9. The molecule has 0 aliphatic carbocycles. The van der Waals surface area contributed by atoms with Gasteiger partial charge in [0.2, 0.25) is 6.23 Å². The van der Waals surface area contributed by atoms with Gasteiger partial charge < -0.3 is 14.9 Å². The van der Waals surface area contributed by atoms with Crippen molar-refractivity contribution in [2.45, 2.75) is 30.3 Å². The summed E-state index contributed by atoms with van der Waals surface area (Å²) < 4.78 is 58.5. The molecule has 22 heavy (non-hydrogen) atoms. The molecule has 2 heterocycles. The van der Waals surface area contributed by atoms with Crippen molar-refractivity contribution in [3.63, 3.8) is 0 Å². The average Bonchev–Trinajstić information content (AvgIpc) is 2.63. The Morgan fingerprint density at radius 2 is 2.05 bits per heavy atom. The SMILES string of the molecule is O=c1[nH]c(=O)n([C@@H]2O[C@@](CO)(C(F)F)[C@@H](O)C2(F)F)cc1Cl. The second kappa shape index (κ2) is 5.33. The van der Waals surface area contributed by atoms with Gasteiger partial charge in [-0.2, -0.15) is 8.78 Å². The van der Waals surface area contributed by atoms with Gasteiger partial charge in [0, 0.05) is 6.20 Å². The number of aliphatic hydroxyl groups excluding tert-OH is 2. The lowest BCUT2D eigenvalue weighted by molar-refractivity contribution is -0.196. The fourth-order valence-electron chi connectivity index (χ4n) is 2.05. The number of rotatable bonds is 3. The first-order valence-corrected chi connectivity index (χ1v) is 6.09. The van der Waals surface area contributed by atoms with Crippen LogP contribution >= 0.6 is 11.6 Å². The van der Waals surface area contributed by atoms with Gasteiger partial charge in [0.25, 0.3) is 12.0 Å². The summed E-state index contributed by atoms with van der Waals surface area (Å²) in [6, 6.07) is 0. The minimum absolute atomic E-state index is 0.0622. The van der Waals surface area contributed by atoms with E-state index in [9.17, 15) is 32.3 Å². The summed E-state index contributed by atoms with van der Waals surface area (Å²) in [4.78, 5) is 24.2. The van der Waals surface area contributed by atoms with E-state index in [1.807, 2.05) is 0 Å².